The molecule has 0 bridgehead atoms. The maximum atomic E-state index is 12.5. The lowest BCUT2D eigenvalue weighted by atomic mass is 10.2. The molecule has 1 rings (SSSR count). The molecule has 2 N–H and O–H groups in total. The van der Waals surface area contributed by atoms with Gasteiger partial charge in [-0.25, -0.2) is 4.99 Å². The molecule has 16 heavy (non-hydrogen) atoms. The third-order valence-electron chi connectivity index (χ3n) is 1.66. The summed E-state index contributed by atoms with van der Waals surface area (Å²) >= 11 is 8.20. The summed E-state index contributed by atoms with van der Waals surface area (Å²) in [6.07, 6.45) is -4.43. The molecule has 0 amide bonds. The maximum absolute atomic E-state index is 12.5. The first-order chi connectivity index (χ1) is 7.34. The van der Waals surface area contributed by atoms with E-state index in [4.69, 9.17) is 17.3 Å². The van der Waals surface area contributed by atoms with E-state index in [0.717, 1.165) is 6.07 Å². The molecule has 1 aromatic carbocycles. The summed E-state index contributed by atoms with van der Waals surface area (Å²) in [5.74, 6) is 0.0364. The molecule has 0 aromatic heterocycles. The lowest BCUT2D eigenvalue weighted by molar-refractivity contribution is -0.138. The predicted molar refractivity (Wildman–Crippen MR) is 61.1 cm³/mol. The number of aliphatic imine (C=N–C) groups is 1. The van der Waals surface area contributed by atoms with Crippen LogP contribution in [0.1, 0.15) is 5.56 Å². The fourth-order valence-corrected chi connectivity index (χ4v) is 1.53. The molecule has 0 saturated carbocycles. The number of halogens is 5. The molecule has 1 aromatic rings. The van der Waals surface area contributed by atoms with Crippen molar-refractivity contribution in [1.29, 1.82) is 0 Å². The van der Waals surface area contributed by atoms with Crippen LogP contribution in [0.4, 0.5) is 18.9 Å². The summed E-state index contributed by atoms with van der Waals surface area (Å²) in [7, 11) is 0. The van der Waals surface area contributed by atoms with Gasteiger partial charge in [-0.2, -0.15) is 13.2 Å². The van der Waals surface area contributed by atoms with Gasteiger partial charge in [0, 0.05) is 4.47 Å². The Hall–Kier alpha value is -0.750. The molecule has 0 atom stereocenters. The highest BCUT2D eigenvalue weighted by Crippen LogP contribution is 2.36. The lowest BCUT2D eigenvalue weighted by Crippen LogP contribution is -2.12. The number of rotatable bonds is 2. The molecule has 0 aliphatic rings. The van der Waals surface area contributed by atoms with Gasteiger partial charge in [0.25, 0.3) is 0 Å². The van der Waals surface area contributed by atoms with Crippen LogP contribution in [-0.2, 0) is 6.18 Å². The van der Waals surface area contributed by atoms with Gasteiger partial charge in [-0.15, -0.1) is 11.6 Å². The minimum absolute atomic E-state index is 0.0303. The van der Waals surface area contributed by atoms with Crippen molar-refractivity contribution in [2.45, 2.75) is 6.18 Å². The Morgan fingerprint density at radius 2 is 2.06 bits per heavy atom. The average molecular weight is 316 g/mol. The van der Waals surface area contributed by atoms with Crippen molar-refractivity contribution < 1.29 is 13.2 Å². The van der Waals surface area contributed by atoms with Crippen LogP contribution in [0.15, 0.2) is 27.7 Å². The molecule has 0 saturated heterocycles. The number of benzene rings is 1. The number of hydrogen-bond donors (Lipinski definition) is 1. The molecule has 0 aliphatic heterocycles. The summed E-state index contributed by atoms with van der Waals surface area (Å²) < 4.78 is 37.5. The Kier molecular flexibility index (Phi) is 4.21. The molecule has 88 valence electrons. The van der Waals surface area contributed by atoms with E-state index >= 15 is 0 Å². The van der Waals surface area contributed by atoms with Crippen molar-refractivity contribution >= 4 is 39.1 Å². The van der Waals surface area contributed by atoms with E-state index in [1.807, 2.05) is 0 Å². The van der Waals surface area contributed by atoms with Gasteiger partial charge in [0.2, 0.25) is 0 Å². The Bertz CT molecular complexity index is 418. The SMILES string of the molecule is NC(CCl)=Nc1ccc(Br)c(C(F)(F)F)c1. The number of alkyl halides is 4. The van der Waals surface area contributed by atoms with Crippen LogP contribution in [0.25, 0.3) is 0 Å². The lowest BCUT2D eigenvalue weighted by Gasteiger charge is -2.09. The highest BCUT2D eigenvalue weighted by molar-refractivity contribution is 9.10. The van der Waals surface area contributed by atoms with Crippen molar-refractivity contribution in [1.82, 2.24) is 0 Å². The molecule has 0 fully saturated rings. The van der Waals surface area contributed by atoms with Gasteiger partial charge in [0.05, 0.1) is 17.1 Å². The second-order valence-corrected chi connectivity index (χ2v) is 4.02. The molecular formula is C9H7BrClF3N2. The van der Waals surface area contributed by atoms with Gasteiger partial charge in [0.1, 0.15) is 5.84 Å². The third kappa shape index (κ3) is 3.38. The van der Waals surface area contributed by atoms with E-state index in [-0.39, 0.29) is 21.9 Å². The normalized spacial score (nSPS) is 12.9. The van der Waals surface area contributed by atoms with Crippen molar-refractivity contribution in [3.8, 4) is 0 Å². The van der Waals surface area contributed by atoms with Gasteiger partial charge in [-0.3, -0.25) is 0 Å². The largest absolute Gasteiger partial charge is 0.417 e. The van der Waals surface area contributed by atoms with Crippen LogP contribution in [-0.4, -0.2) is 11.7 Å². The van der Waals surface area contributed by atoms with E-state index in [2.05, 4.69) is 20.9 Å². The number of amidine groups is 1. The molecule has 0 spiro atoms. The zero-order chi connectivity index (χ0) is 12.3. The number of nitrogens with two attached hydrogens (primary N) is 1. The molecule has 2 nitrogen and oxygen atoms in total. The van der Waals surface area contributed by atoms with E-state index in [1.54, 1.807) is 0 Å². The Morgan fingerprint density at radius 1 is 1.44 bits per heavy atom. The van der Waals surface area contributed by atoms with Crippen LogP contribution in [0.2, 0.25) is 0 Å². The van der Waals surface area contributed by atoms with Crippen LogP contribution >= 0.6 is 27.5 Å². The monoisotopic (exact) mass is 314 g/mol. The standard InChI is InChI=1S/C9H7BrClF3N2/c10-7-2-1-5(16-8(15)4-11)3-6(7)9(12,13)14/h1-3H,4H2,(H2,15,16). The zero-order valence-electron chi connectivity index (χ0n) is 7.85. The third-order valence-corrected chi connectivity index (χ3v) is 2.63. The smallest absolute Gasteiger partial charge is 0.386 e. The second-order valence-electron chi connectivity index (χ2n) is 2.90. The van der Waals surface area contributed by atoms with Crippen LogP contribution < -0.4 is 5.73 Å². The highest BCUT2D eigenvalue weighted by atomic mass is 79.9. The average Bonchev–Trinajstić information content (AvgIpc) is 2.19. The fourth-order valence-electron chi connectivity index (χ4n) is 0.996. The van der Waals surface area contributed by atoms with Crippen molar-refractivity contribution in [3.63, 3.8) is 0 Å². The first-order valence-corrected chi connectivity index (χ1v) is 5.43. The van der Waals surface area contributed by atoms with Gasteiger partial charge >= 0.3 is 6.18 Å². The summed E-state index contributed by atoms with van der Waals surface area (Å²) in [5.41, 5.74) is 4.65. The maximum Gasteiger partial charge on any atom is 0.417 e. The molecular weight excluding hydrogens is 308 g/mol. The molecule has 0 heterocycles. The minimum Gasteiger partial charge on any atom is -0.386 e. The summed E-state index contributed by atoms with van der Waals surface area (Å²) in [4.78, 5) is 3.73. The van der Waals surface area contributed by atoms with E-state index in [9.17, 15) is 13.2 Å². The second kappa shape index (κ2) is 5.05. The quantitative estimate of drug-likeness (QED) is 0.504. The van der Waals surface area contributed by atoms with Gasteiger partial charge in [0.15, 0.2) is 0 Å². The van der Waals surface area contributed by atoms with Gasteiger partial charge in [-0.1, -0.05) is 15.9 Å². The summed E-state index contributed by atoms with van der Waals surface area (Å²) in [6, 6.07) is 3.59. The van der Waals surface area contributed by atoms with Crippen LogP contribution in [0.5, 0.6) is 0 Å². The van der Waals surface area contributed by atoms with Crippen molar-refractivity contribution in [2.24, 2.45) is 10.7 Å². The van der Waals surface area contributed by atoms with E-state index in [0.29, 0.717) is 0 Å². The Labute approximate surface area is 103 Å². The molecule has 0 aliphatic carbocycles. The predicted octanol–water partition coefficient (Wildman–Crippen LogP) is 3.70. The first-order valence-electron chi connectivity index (χ1n) is 4.10. The molecule has 7 heteroatoms. The zero-order valence-corrected chi connectivity index (χ0v) is 10.2. The minimum atomic E-state index is -4.43. The van der Waals surface area contributed by atoms with Crippen molar-refractivity contribution in [2.75, 3.05) is 5.88 Å². The summed E-state index contributed by atoms with van der Waals surface area (Å²) in [6.45, 7) is 0. The number of hydrogen-bond acceptors (Lipinski definition) is 1. The van der Waals surface area contributed by atoms with Gasteiger partial charge < -0.3 is 5.73 Å². The Morgan fingerprint density at radius 3 is 2.56 bits per heavy atom. The fraction of sp³-hybridized carbons (Fsp3) is 0.222. The van der Waals surface area contributed by atoms with Crippen LogP contribution in [0.3, 0.4) is 0 Å². The summed E-state index contributed by atoms with van der Waals surface area (Å²) in [5, 5.41) is 0. The van der Waals surface area contributed by atoms with E-state index < -0.39 is 11.7 Å². The van der Waals surface area contributed by atoms with E-state index in [1.165, 1.54) is 12.1 Å². The molecule has 0 unspecified atom stereocenters. The molecule has 0 radical (unpaired) electrons. The Balaban J connectivity index is 3.18. The van der Waals surface area contributed by atoms with Crippen molar-refractivity contribution in [3.05, 3.63) is 28.2 Å². The topological polar surface area (TPSA) is 38.4 Å². The number of nitrogens with zero attached hydrogens (tertiary/aromatic N) is 1. The van der Waals surface area contributed by atoms with Gasteiger partial charge in [-0.05, 0) is 18.2 Å². The van der Waals surface area contributed by atoms with Crippen LogP contribution in [0, 0.1) is 0 Å². The first kappa shape index (κ1) is 13.3. The highest BCUT2D eigenvalue weighted by Gasteiger charge is 2.33.